The Hall–Kier alpha value is -3.76. The van der Waals surface area contributed by atoms with E-state index < -0.39 is 11.8 Å². The molecule has 0 aliphatic carbocycles. The Morgan fingerprint density at radius 1 is 0.806 bits per heavy atom. The molecule has 0 spiro atoms. The fraction of sp³-hybridized carbons (Fsp3) is 0.111. The monoisotopic (exact) mass is 409 g/mol. The van der Waals surface area contributed by atoms with Crippen LogP contribution in [0.4, 0.5) is 5.69 Å². The zero-order valence-electron chi connectivity index (χ0n) is 17.2. The van der Waals surface area contributed by atoms with Crippen molar-refractivity contribution in [2.24, 2.45) is 0 Å². The summed E-state index contributed by atoms with van der Waals surface area (Å²) in [6.45, 7) is 0. The first kappa shape index (κ1) is 19.2. The Bertz CT molecular complexity index is 1150. The molecule has 4 aromatic carbocycles. The van der Waals surface area contributed by atoms with Crippen LogP contribution in [0.1, 0.15) is 28.5 Å². The summed E-state index contributed by atoms with van der Waals surface area (Å²) in [7, 11) is 1.54. The van der Waals surface area contributed by atoms with Crippen LogP contribution in [0.2, 0.25) is 0 Å². The fourth-order valence-electron chi connectivity index (χ4n) is 4.30. The number of nitrogens with one attached hydrogen (secondary N) is 1. The van der Waals surface area contributed by atoms with E-state index in [0.717, 1.165) is 27.9 Å². The molecule has 31 heavy (non-hydrogen) atoms. The highest BCUT2D eigenvalue weighted by molar-refractivity contribution is 5.64. The van der Waals surface area contributed by atoms with Gasteiger partial charge in [-0.2, -0.15) is 0 Å². The number of anilines is 1. The minimum Gasteiger partial charge on any atom is -0.504 e. The van der Waals surface area contributed by atoms with E-state index in [9.17, 15) is 5.11 Å². The van der Waals surface area contributed by atoms with Gasteiger partial charge in [0.15, 0.2) is 17.7 Å². The third kappa shape index (κ3) is 3.22. The summed E-state index contributed by atoms with van der Waals surface area (Å²) >= 11 is 0. The van der Waals surface area contributed by atoms with E-state index in [1.165, 1.54) is 0 Å². The number of benzene rings is 4. The molecule has 5 rings (SSSR count). The lowest BCUT2D eigenvalue weighted by molar-refractivity contribution is -0.0433. The van der Waals surface area contributed by atoms with Crippen molar-refractivity contribution in [3.63, 3.8) is 0 Å². The standard InChI is InChI=1S/C27H23NO3/c1-30-25-18-19(16-17-24(25)29)26-28-23-15-9-8-14-22(23)27(31-26,20-10-4-2-5-11-20)21-12-6-3-7-13-21/h2-18,26,28-29H,1H3/t26-/m1/s1. The number of rotatable bonds is 4. The number of ether oxygens (including phenoxy) is 2. The Kier molecular flexibility index (Phi) is 4.85. The van der Waals surface area contributed by atoms with E-state index in [1.54, 1.807) is 13.2 Å². The van der Waals surface area contributed by atoms with Gasteiger partial charge in [-0.25, -0.2) is 0 Å². The van der Waals surface area contributed by atoms with Crippen LogP contribution in [0.25, 0.3) is 0 Å². The molecule has 154 valence electrons. The summed E-state index contributed by atoms with van der Waals surface area (Å²) in [6, 6.07) is 34.1. The zero-order chi connectivity index (χ0) is 21.3. The number of aromatic hydroxyl groups is 1. The lowest BCUT2D eigenvalue weighted by Gasteiger charge is -2.44. The predicted octanol–water partition coefficient (Wildman–Crippen LogP) is 5.83. The van der Waals surface area contributed by atoms with Crippen molar-refractivity contribution in [3.05, 3.63) is 125 Å². The van der Waals surface area contributed by atoms with E-state index >= 15 is 0 Å². The smallest absolute Gasteiger partial charge is 0.160 e. The molecule has 0 aromatic heterocycles. The van der Waals surface area contributed by atoms with Gasteiger partial charge in [0.05, 0.1) is 7.11 Å². The molecule has 0 saturated heterocycles. The molecule has 4 heteroatoms. The van der Waals surface area contributed by atoms with E-state index in [0.29, 0.717) is 5.75 Å². The van der Waals surface area contributed by atoms with Gasteiger partial charge in [0.2, 0.25) is 0 Å². The van der Waals surface area contributed by atoms with Crippen molar-refractivity contribution < 1.29 is 14.6 Å². The van der Waals surface area contributed by atoms with Gasteiger partial charge in [-0.3, -0.25) is 0 Å². The average molecular weight is 409 g/mol. The van der Waals surface area contributed by atoms with Gasteiger partial charge < -0.3 is 19.9 Å². The second kappa shape index (κ2) is 7.82. The summed E-state index contributed by atoms with van der Waals surface area (Å²) in [4.78, 5) is 0. The highest BCUT2D eigenvalue weighted by Crippen LogP contribution is 2.50. The number of methoxy groups -OCH3 is 1. The largest absolute Gasteiger partial charge is 0.504 e. The second-order valence-electron chi connectivity index (χ2n) is 7.53. The molecular weight excluding hydrogens is 386 g/mol. The minimum absolute atomic E-state index is 0.0971. The van der Waals surface area contributed by atoms with Crippen molar-refractivity contribution in [2.45, 2.75) is 11.8 Å². The first-order valence-corrected chi connectivity index (χ1v) is 10.2. The van der Waals surface area contributed by atoms with Gasteiger partial charge >= 0.3 is 0 Å². The van der Waals surface area contributed by atoms with Gasteiger partial charge in [-0.05, 0) is 29.3 Å². The summed E-state index contributed by atoms with van der Waals surface area (Å²) in [5.41, 5.74) is 4.20. The highest BCUT2D eigenvalue weighted by atomic mass is 16.5. The molecule has 2 N–H and O–H groups in total. The molecule has 0 fully saturated rings. The van der Waals surface area contributed by atoms with Gasteiger partial charge in [0, 0.05) is 16.8 Å². The molecule has 0 amide bonds. The number of hydrogen-bond donors (Lipinski definition) is 2. The van der Waals surface area contributed by atoms with Crippen LogP contribution in [-0.2, 0) is 10.3 Å². The molecule has 4 aromatic rings. The number of hydrogen-bond acceptors (Lipinski definition) is 4. The van der Waals surface area contributed by atoms with Gasteiger partial charge in [0.25, 0.3) is 0 Å². The van der Waals surface area contributed by atoms with Gasteiger partial charge in [-0.15, -0.1) is 0 Å². The maximum absolute atomic E-state index is 10.1. The number of phenols is 1. The number of fused-ring (bicyclic) bond motifs is 1. The van der Waals surface area contributed by atoms with E-state index in [4.69, 9.17) is 9.47 Å². The first-order chi connectivity index (χ1) is 15.2. The molecule has 4 nitrogen and oxygen atoms in total. The Morgan fingerprint density at radius 3 is 2.06 bits per heavy atom. The van der Waals surface area contributed by atoms with Crippen molar-refractivity contribution in [2.75, 3.05) is 12.4 Å². The fourth-order valence-corrected chi connectivity index (χ4v) is 4.30. The van der Waals surface area contributed by atoms with Crippen molar-refractivity contribution in [1.29, 1.82) is 0 Å². The summed E-state index contributed by atoms with van der Waals surface area (Å²) in [5.74, 6) is 0.506. The van der Waals surface area contributed by atoms with E-state index in [1.807, 2.05) is 60.7 Å². The summed E-state index contributed by atoms with van der Waals surface area (Å²) in [5, 5.41) is 13.6. The molecule has 0 unspecified atom stereocenters. The van der Waals surface area contributed by atoms with Crippen LogP contribution in [-0.4, -0.2) is 12.2 Å². The van der Waals surface area contributed by atoms with Crippen LogP contribution >= 0.6 is 0 Å². The Labute approximate surface area is 181 Å². The molecule has 1 aliphatic heterocycles. The van der Waals surface area contributed by atoms with E-state index in [2.05, 4.69) is 41.7 Å². The average Bonchev–Trinajstić information content (AvgIpc) is 2.84. The minimum atomic E-state index is -0.805. The van der Waals surface area contributed by atoms with E-state index in [-0.39, 0.29) is 5.75 Å². The lowest BCUT2D eigenvalue weighted by Crippen LogP contribution is -2.40. The van der Waals surface area contributed by atoms with Crippen LogP contribution in [0.15, 0.2) is 103 Å². The second-order valence-corrected chi connectivity index (χ2v) is 7.53. The summed E-state index contributed by atoms with van der Waals surface area (Å²) in [6.07, 6.45) is -0.454. The highest BCUT2D eigenvalue weighted by Gasteiger charge is 2.45. The third-order valence-electron chi connectivity index (χ3n) is 5.75. The predicted molar refractivity (Wildman–Crippen MR) is 121 cm³/mol. The summed E-state index contributed by atoms with van der Waals surface area (Å²) < 4.78 is 12.3. The van der Waals surface area contributed by atoms with Crippen LogP contribution in [0.3, 0.4) is 0 Å². The molecular formula is C27H23NO3. The van der Waals surface area contributed by atoms with Crippen molar-refractivity contribution >= 4 is 5.69 Å². The molecule has 1 aliphatic rings. The molecule has 1 atom stereocenters. The first-order valence-electron chi connectivity index (χ1n) is 10.2. The molecule has 0 bridgehead atoms. The quantitative estimate of drug-likeness (QED) is 0.445. The normalized spacial score (nSPS) is 16.7. The molecule has 0 saturated carbocycles. The maximum atomic E-state index is 10.1. The Morgan fingerprint density at radius 2 is 1.42 bits per heavy atom. The topological polar surface area (TPSA) is 50.7 Å². The molecule has 1 heterocycles. The maximum Gasteiger partial charge on any atom is 0.160 e. The van der Waals surface area contributed by atoms with Crippen molar-refractivity contribution in [3.8, 4) is 11.5 Å². The van der Waals surface area contributed by atoms with Gasteiger partial charge in [-0.1, -0.05) is 84.9 Å². The third-order valence-corrected chi connectivity index (χ3v) is 5.75. The van der Waals surface area contributed by atoms with Crippen LogP contribution < -0.4 is 10.1 Å². The van der Waals surface area contributed by atoms with Crippen LogP contribution in [0, 0.1) is 0 Å². The number of phenolic OH excluding ortho intramolecular Hbond substituents is 1. The SMILES string of the molecule is COc1cc([C@@H]2Nc3ccccc3C(c3ccccc3)(c3ccccc3)O2)ccc1O. The Balaban J connectivity index is 1.75. The molecule has 0 radical (unpaired) electrons. The lowest BCUT2D eigenvalue weighted by atomic mass is 9.78. The van der Waals surface area contributed by atoms with Crippen LogP contribution in [0.5, 0.6) is 11.5 Å². The zero-order valence-corrected chi connectivity index (χ0v) is 17.2. The number of para-hydroxylation sites is 1. The van der Waals surface area contributed by atoms with Crippen molar-refractivity contribution in [1.82, 2.24) is 0 Å². The van der Waals surface area contributed by atoms with Gasteiger partial charge in [0.1, 0.15) is 5.60 Å².